The van der Waals surface area contributed by atoms with E-state index >= 15 is 0 Å². The molecule has 3 nitrogen and oxygen atoms in total. The normalized spacial score (nSPS) is 24.5. The predicted molar refractivity (Wildman–Crippen MR) is 112 cm³/mol. The zero-order chi connectivity index (χ0) is 17.9. The lowest BCUT2D eigenvalue weighted by Gasteiger charge is -2.30. The molecule has 134 valence electrons. The Hall–Kier alpha value is -2.10. The molecule has 3 heterocycles. The summed E-state index contributed by atoms with van der Waals surface area (Å²) >= 11 is 0. The van der Waals surface area contributed by atoms with E-state index in [1.54, 1.807) is 0 Å². The first kappa shape index (κ1) is 17.3. The van der Waals surface area contributed by atoms with Gasteiger partial charge in [0.25, 0.3) is 0 Å². The molecule has 1 aromatic rings. The van der Waals surface area contributed by atoms with Crippen LogP contribution in [0.1, 0.15) is 51.0 Å². The van der Waals surface area contributed by atoms with Gasteiger partial charge in [-0.25, -0.2) is 0 Å². The number of hydrogen-bond acceptors (Lipinski definition) is 3. The van der Waals surface area contributed by atoms with Crippen molar-refractivity contribution in [3.8, 4) is 0 Å². The molecule has 1 aromatic carbocycles. The Labute approximate surface area is 157 Å². The number of fused-ring (bicyclic) bond motifs is 1. The van der Waals surface area contributed by atoms with Crippen LogP contribution in [0.4, 0.5) is 0 Å². The maximum absolute atomic E-state index is 4.43. The summed E-state index contributed by atoms with van der Waals surface area (Å²) in [5, 5.41) is 12.6. The zero-order valence-electron chi connectivity index (χ0n) is 15.7. The van der Waals surface area contributed by atoms with Crippen molar-refractivity contribution in [3.05, 3.63) is 59.7 Å². The van der Waals surface area contributed by atoms with E-state index < -0.39 is 0 Å². The second-order valence-electron chi connectivity index (χ2n) is 8.20. The molecule has 2 atom stereocenters. The second-order valence-corrected chi connectivity index (χ2v) is 8.20. The molecule has 0 bridgehead atoms. The third-order valence-corrected chi connectivity index (χ3v) is 5.90. The average molecular weight is 345 g/mol. The summed E-state index contributed by atoms with van der Waals surface area (Å²) in [6, 6.07) is 10.4. The molecule has 0 saturated carbocycles. The molecule has 3 aliphatic rings. The zero-order valence-corrected chi connectivity index (χ0v) is 15.7. The largest absolute Gasteiger partial charge is 0.393 e. The number of rotatable bonds is 6. The SMILES string of the molecule is C=C(C)CC1CCC2NC(CCC3=NN=C(c4ccccc4)C3)=CB2C1. The van der Waals surface area contributed by atoms with Gasteiger partial charge in [-0.05, 0) is 56.2 Å². The number of nitrogens with one attached hydrogen (secondary N) is 1. The van der Waals surface area contributed by atoms with Crippen LogP contribution in [0.3, 0.4) is 0 Å². The molecule has 4 rings (SSSR count). The van der Waals surface area contributed by atoms with E-state index in [2.05, 4.69) is 59.3 Å². The van der Waals surface area contributed by atoms with Gasteiger partial charge >= 0.3 is 0 Å². The molecule has 1 N–H and O–H groups in total. The number of benzene rings is 1. The molecule has 0 spiro atoms. The average Bonchev–Trinajstić information content (AvgIpc) is 3.26. The van der Waals surface area contributed by atoms with Gasteiger partial charge < -0.3 is 5.32 Å². The van der Waals surface area contributed by atoms with E-state index in [0.29, 0.717) is 12.7 Å². The Morgan fingerprint density at radius 1 is 1.19 bits per heavy atom. The highest BCUT2D eigenvalue weighted by molar-refractivity contribution is 6.67. The van der Waals surface area contributed by atoms with Crippen molar-refractivity contribution in [1.82, 2.24) is 5.32 Å². The van der Waals surface area contributed by atoms with E-state index in [9.17, 15) is 0 Å². The van der Waals surface area contributed by atoms with Crippen LogP contribution in [-0.2, 0) is 0 Å². The lowest BCUT2D eigenvalue weighted by atomic mass is 9.37. The van der Waals surface area contributed by atoms with Gasteiger partial charge in [0.05, 0.1) is 5.71 Å². The maximum atomic E-state index is 4.43. The fourth-order valence-electron chi connectivity index (χ4n) is 4.64. The standard InChI is InChI=1S/C22H28BN3/c1-16(2)12-17-8-11-22-23(14-17)15-20(24-22)10-9-19-13-21(26-25-19)18-6-4-3-5-7-18/h3-7,15,17,22,24H,1,8-14H2,2H3. The topological polar surface area (TPSA) is 36.8 Å². The fraction of sp³-hybridized carbons (Fsp3) is 0.455. The van der Waals surface area contributed by atoms with Gasteiger partial charge in [-0.15, -0.1) is 6.58 Å². The molecule has 3 aliphatic heterocycles. The fourth-order valence-corrected chi connectivity index (χ4v) is 4.64. The quantitative estimate of drug-likeness (QED) is 0.582. The van der Waals surface area contributed by atoms with E-state index in [1.807, 2.05) is 6.07 Å². The first-order valence-corrected chi connectivity index (χ1v) is 9.96. The van der Waals surface area contributed by atoms with Crippen LogP contribution in [0.2, 0.25) is 6.32 Å². The van der Waals surface area contributed by atoms with Crippen molar-refractivity contribution in [3.63, 3.8) is 0 Å². The smallest absolute Gasteiger partial charge is 0.194 e. The molecular formula is C22H28BN3. The van der Waals surface area contributed by atoms with Crippen molar-refractivity contribution >= 4 is 18.1 Å². The lowest BCUT2D eigenvalue weighted by Crippen LogP contribution is -2.40. The molecule has 26 heavy (non-hydrogen) atoms. The third kappa shape index (κ3) is 4.00. The summed E-state index contributed by atoms with van der Waals surface area (Å²) in [5.74, 6) is 3.99. The van der Waals surface area contributed by atoms with Crippen molar-refractivity contribution in [2.24, 2.45) is 16.1 Å². The molecule has 0 aromatic heterocycles. The van der Waals surface area contributed by atoms with E-state index in [-0.39, 0.29) is 0 Å². The number of nitrogens with zero attached hydrogens (tertiary/aromatic N) is 2. The number of hydrogen-bond donors (Lipinski definition) is 1. The molecule has 1 saturated heterocycles. The lowest BCUT2D eigenvalue weighted by molar-refractivity contribution is 0.452. The predicted octanol–water partition coefficient (Wildman–Crippen LogP) is 4.82. The minimum atomic E-state index is 0.660. The summed E-state index contributed by atoms with van der Waals surface area (Å²) in [5.41, 5.74) is 6.26. The van der Waals surface area contributed by atoms with Crippen molar-refractivity contribution in [2.45, 2.75) is 57.7 Å². The van der Waals surface area contributed by atoms with Crippen LogP contribution < -0.4 is 5.32 Å². The minimum Gasteiger partial charge on any atom is -0.393 e. The molecular weight excluding hydrogens is 317 g/mol. The Bertz CT molecular complexity index is 763. The van der Waals surface area contributed by atoms with Gasteiger partial charge in [0, 0.05) is 18.1 Å². The first-order chi connectivity index (χ1) is 12.7. The van der Waals surface area contributed by atoms with Crippen LogP contribution in [0, 0.1) is 5.92 Å². The molecule has 2 unspecified atom stereocenters. The highest BCUT2D eigenvalue weighted by Crippen LogP contribution is 2.33. The van der Waals surface area contributed by atoms with Crippen LogP contribution in [0.15, 0.2) is 64.4 Å². The van der Waals surface area contributed by atoms with Gasteiger partial charge in [0.1, 0.15) is 0 Å². The van der Waals surface area contributed by atoms with Crippen LogP contribution in [0.25, 0.3) is 0 Å². The van der Waals surface area contributed by atoms with E-state index in [0.717, 1.165) is 30.9 Å². The van der Waals surface area contributed by atoms with Gasteiger partial charge in [-0.3, -0.25) is 0 Å². The summed E-state index contributed by atoms with van der Waals surface area (Å²) in [4.78, 5) is 0. The van der Waals surface area contributed by atoms with E-state index in [1.165, 1.54) is 48.1 Å². The summed E-state index contributed by atoms with van der Waals surface area (Å²) < 4.78 is 0. The van der Waals surface area contributed by atoms with Crippen LogP contribution in [-0.4, -0.2) is 24.1 Å². The van der Waals surface area contributed by atoms with Crippen molar-refractivity contribution < 1.29 is 0 Å². The molecule has 0 aliphatic carbocycles. The van der Waals surface area contributed by atoms with Gasteiger partial charge in [0.15, 0.2) is 6.71 Å². The second kappa shape index (κ2) is 7.65. The first-order valence-electron chi connectivity index (χ1n) is 9.96. The highest BCUT2D eigenvalue weighted by Gasteiger charge is 2.36. The maximum Gasteiger partial charge on any atom is 0.194 e. The minimum absolute atomic E-state index is 0.660. The molecule has 0 amide bonds. The molecule has 4 heteroatoms. The Balaban J connectivity index is 1.27. The third-order valence-electron chi connectivity index (χ3n) is 5.90. The Kier molecular flexibility index (Phi) is 5.10. The summed E-state index contributed by atoms with van der Waals surface area (Å²) in [6.45, 7) is 6.97. The number of allylic oxidation sites excluding steroid dienone is 2. The Morgan fingerprint density at radius 3 is 2.85 bits per heavy atom. The monoisotopic (exact) mass is 345 g/mol. The Morgan fingerprint density at radius 2 is 2.04 bits per heavy atom. The molecule has 0 radical (unpaired) electrons. The van der Waals surface area contributed by atoms with E-state index in [4.69, 9.17) is 0 Å². The van der Waals surface area contributed by atoms with Gasteiger partial charge in [0.2, 0.25) is 0 Å². The van der Waals surface area contributed by atoms with Crippen LogP contribution >= 0.6 is 0 Å². The van der Waals surface area contributed by atoms with Crippen LogP contribution in [0.5, 0.6) is 0 Å². The van der Waals surface area contributed by atoms with Crippen molar-refractivity contribution in [2.75, 3.05) is 0 Å². The summed E-state index contributed by atoms with van der Waals surface area (Å²) in [7, 11) is 0. The van der Waals surface area contributed by atoms with Gasteiger partial charge in [-0.1, -0.05) is 48.2 Å². The highest BCUT2D eigenvalue weighted by atomic mass is 15.2. The molecule has 1 fully saturated rings. The summed E-state index contributed by atoms with van der Waals surface area (Å²) in [6.07, 6.45) is 8.11. The van der Waals surface area contributed by atoms with Crippen molar-refractivity contribution in [1.29, 1.82) is 0 Å². The van der Waals surface area contributed by atoms with Gasteiger partial charge in [-0.2, -0.15) is 10.2 Å².